The standard InChI is InChI=1S/C92H59N7/c1-5-23-60(24-6-1)67-47-55-86-78(57-67)75-34-17-21-39-84(75)98(86)69-49-41-62(42-50-69)81-59-80(72-31-13-14-36-77(72)92-95-90(65-27-9-3-10-28-65)94-91(96-92)66-29-11-4-12-30-66)88(63-43-51-70(52-44-63)97-82-37-19-15-32-73(82)74-33-16-20-38-83(74)97)89(93-81)64-45-53-71(54-46-64)99-85-40-22-18-35-76(85)79-58-68(48-56-87(79)99)61-25-7-2-8-26-61/h1-59H. The molecule has 0 saturated carbocycles. The lowest BCUT2D eigenvalue weighted by Gasteiger charge is -2.21. The Morgan fingerprint density at radius 1 is 0.182 bits per heavy atom. The maximum atomic E-state index is 5.94. The summed E-state index contributed by atoms with van der Waals surface area (Å²) in [6.07, 6.45) is 0. The van der Waals surface area contributed by atoms with Gasteiger partial charge in [0.15, 0.2) is 17.5 Å². The number of hydrogen-bond acceptors (Lipinski definition) is 4. The Bertz CT molecular complexity index is 6180. The molecule has 7 nitrogen and oxygen atoms in total. The third-order valence-electron chi connectivity index (χ3n) is 19.6. The summed E-state index contributed by atoms with van der Waals surface area (Å²) in [5.74, 6) is 1.74. The molecular weight excluding hydrogens is 1200 g/mol. The molecular formula is C92H59N7. The third kappa shape index (κ3) is 9.90. The van der Waals surface area contributed by atoms with Gasteiger partial charge in [-0.25, -0.2) is 19.9 Å². The van der Waals surface area contributed by atoms with E-state index in [9.17, 15) is 0 Å². The molecule has 0 fully saturated rings. The number of hydrogen-bond donors (Lipinski definition) is 0. The SMILES string of the molecule is c1ccc(-c2ccc3c(c2)c2ccccc2n3-c2ccc(-c3cc(-c4ccccc4-c4nc(-c5ccccc5)nc(-c5ccccc5)n4)c(-c4ccc(-n5c6ccccc6c6ccccc65)cc4)c(-c4ccc(-n5c6ccccc6c6cc(-c7ccccc7)ccc65)cc4)n3)cc2)cc1. The number of nitrogens with zero attached hydrogens (tertiary/aromatic N) is 7. The van der Waals surface area contributed by atoms with E-state index in [1.54, 1.807) is 0 Å². The van der Waals surface area contributed by atoms with Gasteiger partial charge in [0.25, 0.3) is 0 Å². The topological polar surface area (TPSA) is 66.3 Å². The lowest BCUT2D eigenvalue weighted by molar-refractivity contribution is 1.07. The highest BCUT2D eigenvalue weighted by Crippen LogP contribution is 2.47. The smallest absolute Gasteiger partial charge is 0.164 e. The first-order valence-corrected chi connectivity index (χ1v) is 33.6. The van der Waals surface area contributed by atoms with Crippen molar-refractivity contribution in [2.75, 3.05) is 0 Å². The van der Waals surface area contributed by atoms with Gasteiger partial charge in [0, 0.05) is 82.8 Å². The quantitative estimate of drug-likeness (QED) is 0.122. The van der Waals surface area contributed by atoms with Gasteiger partial charge in [0.05, 0.1) is 44.5 Å². The second-order valence-corrected chi connectivity index (χ2v) is 25.3. The van der Waals surface area contributed by atoms with Crippen molar-refractivity contribution in [3.05, 3.63) is 358 Å². The van der Waals surface area contributed by atoms with Gasteiger partial charge in [-0.2, -0.15) is 0 Å². The fourth-order valence-corrected chi connectivity index (χ4v) is 14.9. The van der Waals surface area contributed by atoms with Crippen molar-refractivity contribution in [3.8, 4) is 118 Å². The summed E-state index contributed by atoms with van der Waals surface area (Å²) in [4.78, 5) is 21.9. The van der Waals surface area contributed by atoms with E-state index in [1.807, 2.05) is 36.4 Å². The van der Waals surface area contributed by atoms with Crippen molar-refractivity contribution < 1.29 is 0 Å². The Morgan fingerprint density at radius 2 is 0.505 bits per heavy atom. The van der Waals surface area contributed by atoms with Crippen LogP contribution in [0.2, 0.25) is 0 Å². The third-order valence-corrected chi connectivity index (χ3v) is 19.6. The summed E-state index contributed by atoms with van der Waals surface area (Å²) in [5, 5.41) is 7.23. The minimum absolute atomic E-state index is 0.559. The van der Waals surface area contributed by atoms with Crippen LogP contribution in [0.3, 0.4) is 0 Å². The van der Waals surface area contributed by atoms with Gasteiger partial charge in [0.1, 0.15) is 0 Å². The molecule has 0 amide bonds. The molecule has 0 saturated heterocycles. The number of aromatic nitrogens is 7. The molecule has 0 bridgehead atoms. The second-order valence-electron chi connectivity index (χ2n) is 25.3. The Kier molecular flexibility index (Phi) is 13.7. The summed E-state index contributed by atoms with van der Waals surface area (Å²) in [5.41, 5.74) is 24.9. The van der Waals surface area contributed by atoms with Crippen molar-refractivity contribution in [1.29, 1.82) is 0 Å². The first-order valence-electron chi connectivity index (χ1n) is 33.6. The van der Waals surface area contributed by atoms with Crippen LogP contribution in [0.5, 0.6) is 0 Å². The second kappa shape index (κ2) is 23.8. The van der Waals surface area contributed by atoms with Crippen molar-refractivity contribution in [1.82, 2.24) is 33.6 Å². The van der Waals surface area contributed by atoms with Crippen LogP contribution in [-0.4, -0.2) is 33.6 Å². The van der Waals surface area contributed by atoms with Gasteiger partial charge in [-0.3, -0.25) is 0 Å². The maximum absolute atomic E-state index is 5.94. The van der Waals surface area contributed by atoms with Crippen LogP contribution < -0.4 is 0 Å². The number of fused-ring (bicyclic) bond motifs is 9. The van der Waals surface area contributed by atoms with Crippen LogP contribution in [0.4, 0.5) is 0 Å². The van der Waals surface area contributed by atoms with Crippen LogP contribution in [0, 0.1) is 0 Å². The molecule has 19 aromatic rings. The molecule has 7 heteroatoms. The van der Waals surface area contributed by atoms with E-state index < -0.39 is 0 Å². The van der Waals surface area contributed by atoms with E-state index in [0.29, 0.717) is 17.5 Å². The van der Waals surface area contributed by atoms with E-state index in [4.69, 9.17) is 19.9 Å². The predicted molar refractivity (Wildman–Crippen MR) is 410 cm³/mol. The van der Waals surface area contributed by atoms with Crippen molar-refractivity contribution in [2.24, 2.45) is 0 Å². The molecule has 0 unspecified atom stereocenters. The molecule has 0 atom stereocenters. The number of para-hydroxylation sites is 4. The molecule has 5 aromatic heterocycles. The average Bonchev–Trinajstić information content (AvgIpc) is 1.66. The lowest BCUT2D eigenvalue weighted by atomic mass is 9.87. The highest BCUT2D eigenvalue weighted by atomic mass is 15.0. The van der Waals surface area contributed by atoms with Crippen LogP contribution >= 0.6 is 0 Å². The molecule has 0 spiro atoms. The Labute approximate surface area is 571 Å². The van der Waals surface area contributed by atoms with Crippen molar-refractivity contribution in [3.63, 3.8) is 0 Å². The van der Waals surface area contributed by atoms with Gasteiger partial charge >= 0.3 is 0 Å². The maximum Gasteiger partial charge on any atom is 0.164 e. The normalized spacial score (nSPS) is 11.6. The number of benzene rings is 14. The Morgan fingerprint density at radius 3 is 0.939 bits per heavy atom. The minimum atomic E-state index is 0.559. The minimum Gasteiger partial charge on any atom is -0.309 e. The number of rotatable bonds is 12. The van der Waals surface area contributed by atoms with Crippen LogP contribution in [0.1, 0.15) is 0 Å². The predicted octanol–water partition coefficient (Wildman–Crippen LogP) is 23.6. The van der Waals surface area contributed by atoms with Crippen LogP contribution in [0.15, 0.2) is 358 Å². The summed E-state index contributed by atoms with van der Waals surface area (Å²) in [6, 6.07) is 128. The van der Waals surface area contributed by atoms with E-state index in [0.717, 1.165) is 112 Å². The molecule has 99 heavy (non-hydrogen) atoms. The van der Waals surface area contributed by atoms with E-state index in [-0.39, 0.29) is 0 Å². The summed E-state index contributed by atoms with van der Waals surface area (Å²) in [7, 11) is 0. The van der Waals surface area contributed by atoms with Gasteiger partial charge < -0.3 is 13.7 Å². The van der Waals surface area contributed by atoms with Gasteiger partial charge in [-0.05, 0) is 130 Å². The molecule has 0 aliphatic rings. The highest BCUT2D eigenvalue weighted by molar-refractivity contribution is 6.13. The lowest BCUT2D eigenvalue weighted by Crippen LogP contribution is -2.02. The fourth-order valence-electron chi connectivity index (χ4n) is 14.9. The summed E-state index contributed by atoms with van der Waals surface area (Å²) < 4.78 is 7.16. The average molecular weight is 1260 g/mol. The van der Waals surface area contributed by atoms with Crippen molar-refractivity contribution in [2.45, 2.75) is 0 Å². The molecule has 462 valence electrons. The van der Waals surface area contributed by atoms with E-state index in [2.05, 4.69) is 335 Å². The largest absolute Gasteiger partial charge is 0.309 e. The zero-order valence-corrected chi connectivity index (χ0v) is 53.7. The molecule has 0 radical (unpaired) electrons. The Hall–Kier alpha value is -13.4. The van der Waals surface area contributed by atoms with Crippen molar-refractivity contribution >= 4 is 65.4 Å². The van der Waals surface area contributed by atoms with Gasteiger partial charge in [0.2, 0.25) is 0 Å². The number of pyridine rings is 1. The molecule has 0 aliphatic carbocycles. The first-order chi connectivity index (χ1) is 49.1. The van der Waals surface area contributed by atoms with Gasteiger partial charge in [-0.1, -0.05) is 267 Å². The van der Waals surface area contributed by atoms with Gasteiger partial charge in [-0.15, -0.1) is 0 Å². The first kappa shape index (κ1) is 57.1. The monoisotopic (exact) mass is 1260 g/mol. The molecule has 0 aliphatic heterocycles. The van der Waals surface area contributed by atoms with E-state index in [1.165, 1.54) is 54.6 Å². The zero-order chi connectivity index (χ0) is 65.3. The van der Waals surface area contributed by atoms with E-state index >= 15 is 0 Å². The zero-order valence-electron chi connectivity index (χ0n) is 53.7. The Balaban J connectivity index is 0.838. The molecule has 14 aromatic carbocycles. The molecule has 5 heterocycles. The van der Waals surface area contributed by atoms with Crippen LogP contribution in [0.25, 0.3) is 184 Å². The summed E-state index contributed by atoms with van der Waals surface area (Å²) >= 11 is 0. The summed E-state index contributed by atoms with van der Waals surface area (Å²) in [6.45, 7) is 0. The van der Waals surface area contributed by atoms with Crippen LogP contribution in [-0.2, 0) is 0 Å². The fraction of sp³-hybridized carbons (Fsp3) is 0. The molecule has 19 rings (SSSR count). The highest BCUT2D eigenvalue weighted by Gasteiger charge is 2.25. The molecule has 0 N–H and O–H groups in total.